The zero-order valence-corrected chi connectivity index (χ0v) is 25.0. The van der Waals surface area contributed by atoms with Gasteiger partial charge in [-0.2, -0.15) is 13.2 Å². The number of hydrogen-bond donors (Lipinski definition) is 2. The number of aromatic amines is 1. The van der Waals surface area contributed by atoms with Gasteiger partial charge in [0.15, 0.2) is 0 Å². The molecule has 236 valence electrons. The second-order valence-corrected chi connectivity index (χ2v) is 13.0. The third kappa shape index (κ3) is 6.40. The molecule has 1 atom stereocenters. The van der Waals surface area contributed by atoms with E-state index in [1.165, 1.54) is 18.6 Å². The molecule has 4 aromatic rings. The minimum atomic E-state index is -4.62. The fourth-order valence-electron chi connectivity index (χ4n) is 6.58. The van der Waals surface area contributed by atoms with Crippen molar-refractivity contribution in [3.63, 3.8) is 0 Å². The average Bonchev–Trinajstić information content (AvgIpc) is 3.93. The molecule has 7 nitrogen and oxygen atoms in total. The molecule has 1 saturated heterocycles. The number of aromatic nitrogens is 3. The Hall–Kier alpha value is -3.99. The molecule has 1 aromatic carbocycles. The maximum Gasteiger partial charge on any atom is 0.405 e. The molecular weight excluding hydrogens is 586 g/mol. The van der Waals surface area contributed by atoms with Crippen LogP contribution in [0.3, 0.4) is 0 Å². The highest BCUT2D eigenvalue weighted by atomic mass is 19.4. The van der Waals surface area contributed by atoms with Crippen LogP contribution >= 0.6 is 0 Å². The van der Waals surface area contributed by atoms with Crippen molar-refractivity contribution >= 4 is 16.8 Å². The number of alkyl halides is 3. The van der Waals surface area contributed by atoms with Gasteiger partial charge in [0.05, 0.1) is 5.56 Å². The lowest BCUT2D eigenvalue weighted by atomic mass is 9.98. The summed E-state index contributed by atoms with van der Waals surface area (Å²) in [5, 5.41) is 2.78. The number of benzene rings is 1. The molecule has 1 amide bonds. The van der Waals surface area contributed by atoms with Crippen molar-refractivity contribution in [2.24, 2.45) is 5.92 Å². The maximum absolute atomic E-state index is 14.3. The van der Waals surface area contributed by atoms with E-state index in [0.29, 0.717) is 28.7 Å². The Balaban J connectivity index is 1.32. The molecule has 0 radical (unpaired) electrons. The lowest BCUT2D eigenvalue weighted by molar-refractivity contribution is -0.123. The normalized spacial score (nSPS) is 19.3. The predicted molar refractivity (Wildman–Crippen MR) is 163 cm³/mol. The number of carbonyl (C=O) groups is 1. The van der Waals surface area contributed by atoms with E-state index in [1.807, 2.05) is 11.5 Å². The Kier molecular flexibility index (Phi) is 7.54. The van der Waals surface area contributed by atoms with Crippen molar-refractivity contribution in [1.82, 2.24) is 24.8 Å². The van der Waals surface area contributed by atoms with Gasteiger partial charge in [0.1, 0.15) is 23.7 Å². The fraction of sp³-hybridized carbons (Fsp3) is 0.441. The summed E-state index contributed by atoms with van der Waals surface area (Å²) in [6.45, 7) is 3.52. The first kappa shape index (κ1) is 29.7. The highest BCUT2D eigenvalue weighted by Crippen LogP contribution is 2.44. The number of rotatable bonds is 8. The molecule has 3 fully saturated rings. The summed E-state index contributed by atoms with van der Waals surface area (Å²) < 4.78 is 54.4. The smallest absolute Gasteiger partial charge is 0.353 e. The van der Waals surface area contributed by atoms with Gasteiger partial charge in [-0.3, -0.25) is 19.1 Å². The van der Waals surface area contributed by atoms with Crippen LogP contribution in [0.5, 0.6) is 0 Å². The molecule has 0 bridgehead atoms. The Bertz CT molecular complexity index is 1840. The Labute approximate surface area is 257 Å². The van der Waals surface area contributed by atoms with E-state index in [1.54, 1.807) is 16.7 Å². The fourth-order valence-corrected chi connectivity index (χ4v) is 6.58. The van der Waals surface area contributed by atoms with Crippen LogP contribution in [-0.2, 0) is 6.54 Å². The molecule has 2 N–H and O–H groups in total. The topological polar surface area (TPSA) is 83.0 Å². The predicted octanol–water partition coefficient (Wildman–Crippen LogP) is 6.80. The van der Waals surface area contributed by atoms with E-state index in [0.717, 1.165) is 80.1 Å². The molecule has 11 heteroatoms. The molecule has 1 aliphatic heterocycles. The first-order valence-corrected chi connectivity index (χ1v) is 15.7. The number of amides is 1. The molecule has 2 saturated carbocycles. The Morgan fingerprint density at radius 2 is 1.84 bits per heavy atom. The van der Waals surface area contributed by atoms with Crippen molar-refractivity contribution < 1.29 is 22.4 Å². The van der Waals surface area contributed by atoms with Crippen molar-refractivity contribution in [1.29, 1.82) is 0 Å². The molecule has 7 rings (SSSR count). The lowest BCUT2D eigenvalue weighted by Gasteiger charge is -2.30. The Morgan fingerprint density at radius 1 is 1.07 bits per heavy atom. The summed E-state index contributed by atoms with van der Waals surface area (Å²) in [6.07, 6.45) is 3.53. The number of carbonyl (C=O) groups excluding carboxylic acids is 1. The van der Waals surface area contributed by atoms with Crippen molar-refractivity contribution in [2.45, 2.75) is 70.0 Å². The number of likely N-dealkylation sites (tertiary alicyclic amines) is 1. The quantitative estimate of drug-likeness (QED) is 0.212. The molecule has 0 unspecified atom stereocenters. The number of H-pyrrole nitrogens is 1. The molecule has 3 aromatic heterocycles. The number of piperidine rings is 1. The van der Waals surface area contributed by atoms with E-state index >= 15 is 0 Å². The molecule has 4 heterocycles. The van der Waals surface area contributed by atoms with E-state index in [2.05, 4.69) is 22.9 Å². The first-order valence-electron chi connectivity index (χ1n) is 15.7. The van der Waals surface area contributed by atoms with Crippen LogP contribution in [0.2, 0.25) is 0 Å². The standard InChI is InChI=1S/C34H35F4N5O2/c1-19-3-2-10-42(15-19)16-24-14-26-28(20-4-5-20)17-43(33(45)31(26)40-24)30-12-22(11-29(41-30)21-6-7-21)25-9-8-23(35)13-27(25)32(44)39-18-34(36,37)38/h8-9,11-14,17,19-21,40H,2-7,10,15-16,18H2,1H3,(H,39,44)/t19-/m0/s1. The summed E-state index contributed by atoms with van der Waals surface area (Å²) in [5.74, 6) is -0.285. The number of hydrogen-bond acceptors (Lipinski definition) is 4. The minimum absolute atomic E-state index is 0.165. The highest BCUT2D eigenvalue weighted by molar-refractivity contribution is 6.01. The van der Waals surface area contributed by atoms with Gasteiger partial charge in [-0.1, -0.05) is 13.0 Å². The van der Waals surface area contributed by atoms with Crippen LogP contribution in [0.25, 0.3) is 27.8 Å². The maximum atomic E-state index is 14.3. The molecule has 0 spiro atoms. The molecule has 3 aliphatic rings. The van der Waals surface area contributed by atoms with Gasteiger partial charge in [0.25, 0.3) is 11.5 Å². The zero-order valence-electron chi connectivity index (χ0n) is 25.0. The third-order valence-corrected chi connectivity index (χ3v) is 9.10. The van der Waals surface area contributed by atoms with Crippen LogP contribution < -0.4 is 10.9 Å². The van der Waals surface area contributed by atoms with Gasteiger partial charge < -0.3 is 10.3 Å². The van der Waals surface area contributed by atoms with Gasteiger partial charge in [-0.25, -0.2) is 9.37 Å². The van der Waals surface area contributed by atoms with Crippen molar-refractivity contribution in [2.75, 3.05) is 19.6 Å². The van der Waals surface area contributed by atoms with Gasteiger partial charge in [0, 0.05) is 42.0 Å². The summed E-state index contributed by atoms with van der Waals surface area (Å²) in [4.78, 5) is 37.7. The molecule has 2 aliphatic carbocycles. The number of halogens is 4. The SMILES string of the molecule is C[C@H]1CCCN(Cc2cc3c(C4CC4)cn(-c4cc(-c5ccc(F)cc5C(=O)NCC(F)(F)F)cc(C5CC5)n4)c(=O)c3[nH]2)C1. The molecule has 45 heavy (non-hydrogen) atoms. The van der Waals surface area contributed by atoms with Crippen molar-refractivity contribution in [3.05, 3.63) is 81.3 Å². The number of nitrogens with one attached hydrogen (secondary N) is 2. The van der Waals surface area contributed by atoms with Gasteiger partial charge in [0.2, 0.25) is 0 Å². The minimum Gasteiger partial charge on any atom is -0.353 e. The second kappa shape index (κ2) is 11.4. The summed E-state index contributed by atoms with van der Waals surface area (Å²) in [5.41, 5.74) is 3.59. The summed E-state index contributed by atoms with van der Waals surface area (Å²) >= 11 is 0. The highest BCUT2D eigenvalue weighted by Gasteiger charge is 2.31. The van der Waals surface area contributed by atoms with E-state index < -0.39 is 24.4 Å². The average molecular weight is 622 g/mol. The van der Waals surface area contributed by atoms with Crippen LogP contribution in [0.4, 0.5) is 17.6 Å². The van der Waals surface area contributed by atoms with Crippen LogP contribution in [0, 0.1) is 11.7 Å². The zero-order chi connectivity index (χ0) is 31.5. The second-order valence-electron chi connectivity index (χ2n) is 13.0. The first-order chi connectivity index (χ1) is 21.5. The van der Waals surface area contributed by atoms with Crippen LogP contribution in [0.15, 0.2) is 47.4 Å². The van der Waals surface area contributed by atoms with E-state index in [4.69, 9.17) is 4.98 Å². The number of fused-ring (bicyclic) bond motifs is 1. The van der Waals surface area contributed by atoms with Crippen LogP contribution in [-0.4, -0.2) is 51.2 Å². The van der Waals surface area contributed by atoms with E-state index in [9.17, 15) is 27.2 Å². The summed E-state index contributed by atoms with van der Waals surface area (Å²) in [7, 11) is 0. The van der Waals surface area contributed by atoms with Crippen molar-refractivity contribution in [3.8, 4) is 16.9 Å². The van der Waals surface area contributed by atoms with Crippen LogP contribution in [0.1, 0.15) is 84.6 Å². The third-order valence-electron chi connectivity index (χ3n) is 9.10. The lowest BCUT2D eigenvalue weighted by Crippen LogP contribution is -2.34. The monoisotopic (exact) mass is 621 g/mol. The number of nitrogens with zero attached hydrogens (tertiary/aromatic N) is 3. The summed E-state index contributed by atoms with van der Waals surface area (Å²) in [6, 6.07) is 9.03. The molecular formula is C34H35F4N5O2. The van der Waals surface area contributed by atoms with E-state index in [-0.39, 0.29) is 22.6 Å². The van der Waals surface area contributed by atoms with Gasteiger partial charge >= 0.3 is 6.18 Å². The van der Waals surface area contributed by atoms with Gasteiger partial charge in [-0.15, -0.1) is 0 Å². The Morgan fingerprint density at radius 3 is 2.56 bits per heavy atom. The van der Waals surface area contributed by atoms with Gasteiger partial charge in [-0.05, 0) is 104 Å². The number of pyridine rings is 2. The largest absolute Gasteiger partial charge is 0.405 e.